The van der Waals surface area contributed by atoms with Gasteiger partial charge < -0.3 is 10.8 Å². The van der Waals surface area contributed by atoms with E-state index in [1.54, 1.807) is 42.5 Å². The Hall–Kier alpha value is -0.880. The third-order valence-electron chi connectivity index (χ3n) is 2.89. The van der Waals surface area contributed by atoms with Crippen LogP contribution in [-0.2, 0) is 11.2 Å². The van der Waals surface area contributed by atoms with E-state index < -0.39 is 5.97 Å². The van der Waals surface area contributed by atoms with E-state index in [1.165, 1.54) is 0 Å². The molecule has 0 fully saturated rings. The fourth-order valence-corrected chi connectivity index (χ4v) is 2.15. The van der Waals surface area contributed by atoms with Crippen molar-refractivity contribution >= 4 is 71.1 Å². The monoisotopic (exact) mass is 375 g/mol. The summed E-state index contributed by atoms with van der Waals surface area (Å²) in [5.41, 5.74) is 7.41. The first-order valence-electron chi connectivity index (χ1n) is 5.88. The summed E-state index contributed by atoms with van der Waals surface area (Å²) in [6, 6.07) is 11.8. The number of carbonyl (C=O) groups excluding carboxylic acids is 1. The van der Waals surface area contributed by atoms with Gasteiger partial charge in [-0.05, 0) is 35.9 Å². The van der Waals surface area contributed by atoms with Gasteiger partial charge in [-0.1, -0.05) is 28.1 Å². The minimum absolute atomic E-state index is 0. The van der Waals surface area contributed by atoms with Crippen molar-refractivity contribution in [3.8, 4) is 0 Å². The molecule has 0 radical (unpaired) electrons. The van der Waals surface area contributed by atoms with Gasteiger partial charge in [0.2, 0.25) is 0 Å². The molecular formula is C15H14BrCaNO3. The second kappa shape index (κ2) is 7.94. The number of anilines is 1. The van der Waals surface area contributed by atoms with Crippen molar-refractivity contribution in [3.05, 3.63) is 63.6 Å². The molecule has 2 rings (SSSR count). The van der Waals surface area contributed by atoms with Crippen molar-refractivity contribution in [1.82, 2.24) is 0 Å². The molecule has 0 saturated heterocycles. The molecule has 6 heteroatoms. The van der Waals surface area contributed by atoms with Crippen LogP contribution in [0.1, 0.15) is 21.5 Å². The minimum atomic E-state index is -0.982. The van der Waals surface area contributed by atoms with Crippen LogP contribution in [0.25, 0.3) is 0 Å². The average Bonchev–Trinajstić information content (AvgIpc) is 2.41. The maximum absolute atomic E-state index is 12.4. The number of aliphatic carboxylic acids is 1. The van der Waals surface area contributed by atoms with Crippen LogP contribution >= 0.6 is 15.9 Å². The van der Waals surface area contributed by atoms with E-state index in [0.29, 0.717) is 16.7 Å². The summed E-state index contributed by atoms with van der Waals surface area (Å²) in [7, 11) is 0. The number of nitrogens with two attached hydrogens (primary N) is 1. The second-order valence-electron chi connectivity index (χ2n) is 4.28. The van der Waals surface area contributed by atoms with Crippen LogP contribution < -0.4 is 5.73 Å². The predicted molar refractivity (Wildman–Crippen MR) is 88.3 cm³/mol. The number of para-hydroxylation sites is 1. The zero-order valence-electron chi connectivity index (χ0n) is 10.5. The number of carboxylic acids is 1. The molecule has 2 aromatic rings. The standard InChI is InChI=1S/C15H12BrNO3.Ca.2H/c16-11-6-4-9(5-7-11)15(20)12-3-1-2-10(14(12)17)8-13(18)19;;;/h1-7H,8,17H2,(H,18,19);;;. The first-order chi connectivity index (χ1) is 9.49. The van der Waals surface area contributed by atoms with E-state index in [2.05, 4.69) is 15.9 Å². The summed E-state index contributed by atoms with van der Waals surface area (Å²) < 4.78 is 0.877. The summed E-state index contributed by atoms with van der Waals surface area (Å²) in [4.78, 5) is 23.1. The van der Waals surface area contributed by atoms with Gasteiger partial charge in [0.1, 0.15) is 0 Å². The number of nitrogen functional groups attached to an aromatic ring is 1. The molecule has 0 aliphatic rings. The molecule has 0 bridgehead atoms. The van der Waals surface area contributed by atoms with Gasteiger partial charge in [0.15, 0.2) is 5.78 Å². The molecule has 0 atom stereocenters. The third-order valence-corrected chi connectivity index (χ3v) is 3.42. The summed E-state index contributed by atoms with van der Waals surface area (Å²) in [5.74, 6) is -1.20. The number of hydrogen-bond donors (Lipinski definition) is 2. The normalized spacial score (nSPS) is 9.76. The molecular weight excluding hydrogens is 362 g/mol. The molecule has 0 aliphatic carbocycles. The number of carbonyl (C=O) groups is 2. The van der Waals surface area contributed by atoms with Crippen LogP contribution in [-0.4, -0.2) is 54.6 Å². The zero-order valence-corrected chi connectivity index (χ0v) is 12.1. The fraction of sp³-hybridized carbons (Fsp3) is 0.0667. The number of halogens is 1. The molecule has 0 unspecified atom stereocenters. The van der Waals surface area contributed by atoms with Crippen molar-refractivity contribution in [3.63, 3.8) is 0 Å². The molecule has 0 amide bonds. The molecule has 0 saturated carbocycles. The third kappa shape index (κ3) is 4.54. The van der Waals surface area contributed by atoms with Gasteiger partial charge in [-0.2, -0.15) is 0 Å². The SMILES string of the molecule is Nc1c(CC(=O)O)cccc1C(=O)c1ccc(Br)cc1.[CaH2]. The zero-order chi connectivity index (χ0) is 14.7. The van der Waals surface area contributed by atoms with Crippen LogP contribution in [0, 0.1) is 0 Å². The Balaban J connectivity index is 0.00000220. The van der Waals surface area contributed by atoms with Crippen LogP contribution in [0.3, 0.4) is 0 Å². The molecule has 21 heavy (non-hydrogen) atoms. The van der Waals surface area contributed by atoms with Crippen molar-refractivity contribution in [1.29, 1.82) is 0 Å². The van der Waals surface area contributed by atoms with Gasteiger partial charge in [-0.3, -0.25) is 9.59 Å². The summed E-state index contributed by atoms with van der Waals surface area (Å²) >= 11 is 3.30. The number of hydrogen-bond acceptors (Lipinski definition) is 3. The Morgan fingerprint density at radius 3 is 2.29 bits per heavy atom. The first-order valence-corrected chi connectivity index (χ1v) is 6.68. The molecule has 0 aromatic heterocycles. The van der Waals surface area contributed by atoms with Gasteiger partial charge in [-0.25, -0.2) is 0 Å². The average molecular weight is 376 g/mol. The number of ketones is 1. The predicted octanol–water partition coefficient (Wildman–Crippen LogP) is 1.97. The quantitative estimate of drug-likeness (QED) is 0.486. The number of benzene rings is 2. The van der Waals surface area contributed by atoms with Gasteiger partial charge in [0.25, 0.3) is 0 Å². The van der Waals surface area contributed by atoms with Crippen molar-refractivity contribution in [2.45, 2.75) is 6.42 Å². The Labute approximate surface area is 160 Å². The van der Waals surface area contributed by atoms with Crippen molar-refractivity contribution < 1.29 is 14.7 Å². The Morgan fingerprint density at radius 2 is 1.71 bits per heavy atom. The Kier molecular flexibility index (Phi) is 6.87. The van der Waals surface area contributed by atoms with E-state index in [1.807, 2.05) is 0 Å². The van der Waals surface area contributed by atoms with Crippen LogP contribution in [0.4, 0.5) is 5.69 Å². The van der Waals surface area contributed by atoms with Gasteiger partial charge in [0, 0.05) is 21.3 Å². The Bertz CT molecular complexity index is 671. The molecule has 106 valence electrons. The van der Waals surface area contributed by atoms with E-state index >= 15 is 0 Å². The van der Waals surface area contributed by atoms with Gasteiger partial charge >= 0.3 is 43.7 Å². The molecule has 0 aliphatic heterocycles. The number of rotatable bonds is 4. The molecule has 0 heterocycles. The molecule has 0 spiro atoms. The second-order valence-corrected chi connectivity index (χ2v) is 5.20. The Morgan fingerprint density at radius 1 is 1.10 bits per heavy atom. The summed E-state index contributed by atoms with van der Waals surface area (Å²) in [5, 5.41) is 8.82. The van der Waals surface area contributed by atoms with Gasteiger partial charge in [0.05, 0.1) is 6.42 Å². The van der Waals surface area contributed by atoms with Crippen LogP contribution in [0.2, 0.25) is 0 Å². The first kappa shape index (κ1) is 18.2. The van der Waals surface area contributed by atoms with Crippen LogP contribution in [0.15, 0.2) is 46.9 Å². The van der Waals surface area contributed by atoms with E-state index in [9.17, 15) is 9.59 Å². The van der Waals surface area contributed by atoms with E-state index in [0.717, 1.165) is 4.47 Å². The van der Waals surface area contributed by atoms with Crippen LogP contribution in [0.5, 0.6) is 0 Å². The summed E-state index contributed by atoms with van der Waals surface area (Å²) in [6.45, 7) is 0. The van der Waals surface area contributed by atoms with Crippen molar-refractivity contribution in [2.75, 3.05) is 5.73 Å². The molecule has 4 nitrogen and oxygen atoms in total. The molecule has 2 aromatic carbocycles. The van der Waals surface area contributed by atoms with E-state index in [4.69, 9.17) is 10.8 Å². The topological polar surface area (TPSA) is 80.4 Å². The summed E-state index contributed by atoms with van der Waals surface area (Å²) in [6.07, 6.45) is -0.201. The van der Waals surface area contributed by atoms with Gasteiger partial charge in [-0.15, -0.1) is 0 Å². The van der Waals surface area contributed by atoms with E-state index in [-0.39, 0.29) is 55.6 Å². The molecule has 3 N–H and O–H groups in total. The maximum atomic E-state index is 12.4. The number of carboxylic acid groups (broad SMARTS) is 1. The van der Waals surface area contributed by atoms with Crippen molar-refractivity contribution in [2.24, 2.45) is 0 Å². The fourth-order valence-electron chi connectivity index (χ4n) is 1.88.